The van der Waals surface area contributed by atoms with E-state index in [0.717, 1.165) is 11.3 Å². The van der Waals surface area contributed by atoms with Crippen LogP contribution in [0.15, 0.2) is 11.7 Å². The third kappa shape index (κ3) is 8.11. The van der Waals surface area contributed by atoms with Gasteiger partial charge in [0.1, 0.15) is 11.6 Å². The van der Waals surface area contributed by atoms with Crippen LogP contribution in [0.5, 0.6) is 0 Å². The molecule has 2 aromatic rings. The zero-order valence-corrected chi connectivity index (χ0v) is 16.4. The summed E-state index contributed by atoms with van der Waals surface area (Å²) in [5.74, 6) is 1.22. The summed E-state index contributed by atoms with van der Waals surface area (Å²) in [4.78, 5) is 9.53. The Kier molecular flexibility index (Phi) is 12.8. The van der Waals surface area contributed by atoms with Crippen LogP contribution in [-0.2, 0) is 35.7 Å². The van der Waals surface area contributed by atoms with Crippen LogP contribution in [0.2, 0.25) is 0 Å². The van der Waals surface area contributed by atoms with Crippen molar-refractivity contribution in [2.45, 2.75) is 26.8 Å². The summed E-state index contributed by atoms with van der Waals surface area (Å²) < 4.78 is 26.5. The first-order valence-electron chi connectivity index (χ1n) is 6.33. The molecule has 0 saturated carbocycles. The van der Waals surface area contributed by atoms with Gasteiger partial charge in [0.15, 0.2) is 12.2 Å². The van der Waals surface area contributed by atoms with Gasteiger partial charge in [0.2, 0.25) is 5.51 Å². The molecule has 0 amide bonds. The molecule has 0 aliphatic heterocycles. The molecule has 24 heavy (non-hydrogen) atoms. The fourth-order valence-corrected chi connectivity index (χ4v) is 2.75. The number of aliphatic hydroxyl groups is 1. The second kappa shape index (κ2) is 12.3. The molecule has 0 unspecified atom stereocenters. The summed E-state index contributed by atoms with van der Waals surface area (Å²) in [6.07, 6.45) is 2.47. The molecular formula is C12H22ClN5O4SV+. The molecule has 136 valence electrons. The van der Waals surface area contributed by atoms with Crippen molar-refractivity contribution >= 4 is 29.6 Å². The van der Waals surface area contributed by atoms with E-state index in [1.165, 1.54) is 4.88 Å². The number of hydrogen-bond donors (Lipinski definition) is 4. The summed E-state index contributed by atoms with van der Waals surface area (Å²) in [6, 6.07) is 0. The van der Waals surface area contributed by atoms with Gasteiger partial charge in [0, 0.05) is 26.1 Å². The fraction of sp³-hybridized carbons (Fsp3) is 0.417. The van der Waals surface area contributed by atoms with E-state index in [4.69, 9.17) is 22.2 Å². The van der Waals surface area contributed by atoms with E-state index in [9.17, 15) is 0 Å². The van der Waals surface area contributed by atoms with Gasteiger partial charge in [0.05, 0.1) is 10.4 Å². The van der Waals surface area contributed by atoms with Gasteiger partial charge in [-0.3, -0.25) is 0 Å². The zero-order valence-electron chi connectivity index (χ0n) is 13.4. The van der Waals surface area contributed by atoms with Crippen LogP contribution >= 0.6 is 23.7 Å². The van der Waals surface area contributed by atoms with E-state index in [1.54, 1.807) is 17.5 Å². The molecule has 0 aromatic carbocycles. The average Bonchev–Trinajstić information content (AvgIpc) is 2.75. The normalized spacial score (nSPS) is 9.17. The van der Waals surface area contributed by atoms with Crippen molar-refractivity contribution in [3.8, 4) is 0 Å². The molecule has 2 heterocycles. The molecule has 0 radical (unpaired) electrons. The van der Waals surface area contributed by atoms with Crippen molar-refractivity contribution in [1.29, 1.82) is 0 Å². The summed E-state index contributed by atoms with van der Waals surface area (Å²) in [6.45, 7) is 4.71. The number of aryl methyl sites for hydroxylation is 1. The first-order chi connectivity index (χ1) is 10.3. The Morgan fingerprint density at radius 3 is 2.46 bits per heavy atom. The molecule has 0 bridgehead atoms. The molecule has 0 saturated heterocycles. The minimum absolute atomic E-state index is 0. The molecule has 2 rings (SSSR count). The average molecular weight is 419 g/mol. The molecule has 0 aliphatic carbocycles. The summed E-state index contributed by atoms with van der Waals surface area (Å²) >= 11 is -2.04. The van der Waals surface area contributed by atoms with E-state index >= 15 is 0 Å². The Labute approximate surface area is 154 Å². The van der Waals surface area contributed by atoms with Gasteiger partial charge in [-0.15, -0.1) is 12.4 Å². The maximum atomic E-state index is 8.98. The van der Waals surface area contributed by atoms with Crippen molar-refractivity contribution in [1.82, 2.24) is 16.1 Å². The van der Waals surface area contributed by atoms with Crippen LogP contribution in [-0.4, -0.2) is 25.7 Å². The Balaban J connectivity index is 0. The van der Waals surface area contributed by atoms with Gasteiger partial charge in [-0.1, -0.05) is 11.3 Å². The zero-order chi connectivity index (χ0) is 16.7. The van der Waals surface area contributed by atoms with Crippen molar-refractivity contribution in [2.75, 3.05) is 12.3 Å². The van der Waals surface area contributed by atoms with Crippen LogP contribution in [0, 0.1) is 13.8 Å². The maximum absolute atomic E-state index is 8.98. The van der Waals surface area contributed by atoms with E-state index in [-0.39, 0.29) is 25.2 Å². The van der Waals surface area contributed by atoms with Crippen LogP contribution in [0.25, 0.3) is 0 Å². The Hall–Kier alpha value is -1.14. The second-order valence-corrected chi connectivity index (χ2v) is 6.08. The number of aliphatic hydroxyl groups excluding tert-OH is 1. The van der Waals surface area contributed by atoms with E-state index in [0.29, 0.717) is 24.6 Å². The molecule has 12 heteroatoms. The molecule has 0 spiro atoms. The number of anilines is 1. The number of rotatable bonds is 4. The van der Waals surface area contributed by atoms with Crippen molar-refractivity contribution in [2.24, 2.45) is 0 Å². The van der Waals surface area contributed by atoms with E-state index < -0.39 is 15.4 Å². The van der Waals surface area contributed by atoms with Gasteiger partial charge < -0.3 is 17.0 Å². The van der Waals surface area contributed by atoms with Gasteiger partial charge in [-0.05, 0) is 6.92 Å². The first-order valence-corrected chi connectivity index (χ1v) is 8.98. The van der Waals surface area contributed by atoms with Crippen LogP contribution in [0.1, 0.15) is 22.0 Å². The van der Waals surface area contributed by atoms with Crippen LogP contribution in [0.4, 0.5) is 5.82 Å². The predicted molar refractivity (Wildman–Crippen MR) is 86.2 cm³/mol. The Bertz CT molecular complexity index is 703. The Morgan fingerprint density at radius 1 is 1.38 bits per heavy atom. The Morgan fingerprint density at radius 2 is 1.96 bits per heavy atom. The molecule has 7 N–H and O–H groups in total. The molecule has 0 atom stereocenters. The van der Waals surface area contributed by atoms with E-state index in [2.05, 4.69) is 14.5 Å². The SMILES string of the molecule is Cc1ncc(C[n+]2csc(CCO)c2C)c(N)n1.Cl.N.[O]=[V](=[O])[OH]. The van der Waals surface area contributed by atoms with Gasteiger partial charge in [0.25, 0.3) is 0 Å². The summed E-state index contributed by atoms with van der Waals surface area (Å²) in [5, 5.41) is 8.98. The third-order valence-corrected chi connectivity index (χ3v) is 4.00. The van der Waals surface area contributed by atoms with Crippen LogP contribution < -0.4 is 16.5 Å². The molecule has 0 aliphatic rings. The van der Waals surface area contributed by atoms with Crippen LogP contribution in [0.3, 0.4) is 0 Å². The van der Waals surface area contributed by atoms with Crippen molar-refractivity contribution in [3.63, 3.8) is 0 Å². The molecule has 2 aromatic heterocycles. The van der Waals surface area contributed by atoms with Gasteiger partial charge >= 0.3 is 26.8 Å². The molecular weight excluding hydrogens is 397 g/mol. The number of thiazole rings is 1. The number of nitrogen functional groups attached to an aromatic ring is 1. The van der Waals surface area contributed by atoms with Gasteiger partial charge in [-0.2, -0.15) is 4.57 Å². The van der Waals surface area contributed by atoms with Gasteiger partial charge in [-0.25, -0.2) is 9.97 Å². The molecule has 0 fully saturated rings. The van der Waals surface area contributed by atoms with Crippen molar-refractivity contribution in [3.05, 3.63) is 33.7 Å². The number of halogens is 1. The quantitative estimate of drug-likeness (QED) is 0.517. The summed E-state index contributed by atoms with van der Waals surface area (Å²) in [7, 11) is 0. The predicted octanol–water partition coefficient (Wildman–Crippen LogP) is 0.394. The number of nitrogens with two attached hydrogens (primary N) is 1. The standard InChI is InChI=1S/C12H17N4OS.ClH.H3N.H2O.2O.V/c1-8-11(3-4-17)18-7-16(8)6-10-5-14-9(2)15-12(10)13;;;;;;/h5,7,17H,3-4,6H2,1-2H3,(H2,13,14,15);1H;1H3;1H2;;;/q+1;;;;;;+1/p-1. The number of nitrogens with zero attached hydrogens (tertiary/aromatic N) is 3. The number of aromatic nitrogens is 3. The fourth-order valence-electron chi connectivity index (χ4n) is 1.77. The topological polar surface area (TPSA) is 165 Å². The first kappa shape index (κ1) is 25.1. The third-order valence-electron chi connectivity index (χ3n) is 2.85. The van der Waals surface area contributed by atoms with Crippen molar-refractivity contribution < 1.29 is 36.5 Å². The monoisotopic (exact) mass is 418 g/mol. The minimum atomic E-state index is -3.69. The second-order valence-electron chi connectivity index (χ2n) is 4.40. The number of hydrogen-bond acceptors (Lipinski definition) is 8. The molecule has 9 nitrogen and oxygen atoms in total. The van der Waals surface area contributed by atoms with E-state index in [1.807, 2.05) is 19.4 Å². The summed E-state index contributed by atoms with van der Waals surface area (Å²) in [5.41, 5.74) is 10.0.